The van der Waals surface area contributed by atoms with Crippen LogP contribution in [-0.2, 0) is 4.74 Å². The Balaban J connectivity index is 2.08. The van der Waals surface area contributed by atoms with E-state index in [0.717, 1.165) is 0 Å². The molecule has 4 atom stereocenters. The van der Waals surface area contributed by atoms with Gasteiger partial charge in [0, 0.05) is 5.56 Å². The van der Waals surface area contributed by atoms with Crippen molar-refractivity contribution in [3.63, 3.8) is 0 Å². The van der Waals surface area contributed by atoms with Crippen LogP contribution in [-0.4, -0.2) is 33.1 Å². The molecule has 0 aromatic carbocycles. The number of halogens is 1. The van der Waals surface area contributed by atoms with E-state index in [4.69, 9.17) is 16.0 Å². The Kier molecular flexibility index (Phi) is 3.18. The molecular weight excluding hydrogens is 299 g/mol. The summed E-state index contributed by atoms with van der Waals surface area (Å²) in [4.78, 5) is 10.8. The molecule has 0 amide bonds. The molecule has 0 spiro atoms. The third kappa shape index (κ3) is 2.00. The van der Waals surface area contributed by atoms with Crippen LogP contribution in [0.2, 0.25) is 0 Å². The van der Waals surface area contributed by atoms with Crippen LogP contribution in [0, 0.1) is 5.53 Å². The van der Waals surface area contributed by atoms with Crippen LogP contribution in [0.25, 0.3) is 10.2 Å². The van der Waals surface area contributed by atoms with Gasteiger partial charge >= 0.3 is 0 Å². The molecule has 1 aliphatic rings. The van der Waals surface area contributed by atoms with Crippen LogP contribution in [0.15, 0.2) is 16.8 Å². The summed E-state index contributed by atoms with van der Waals surface area (Å²) in [5.41, 5.74) is 11.9. The van der Waals surface area contributed by atoms with Gasteiger partial charge in [-0.25, -0.2) is 14.4 Å². The van der Waals surface area contributed by atoms with Crippen molar-refractivity contribution in [1.29, 1.82) is 5.53 Å². The summed E-state index contributed by atoms with van der Waals surface area (Å²) in [5.74, 6) is 0.304. The van der Waals surface area contributed by atoms with Crippen LogP contribution >= 0.6 is 11.3 Å². The third-order valence-electron chi connectivity index (χ3n) is 3.47. The molecule has 1 aliphatic heterocycles. The van der Waals surface area contributed by atoms with Gasteiger partial charge in [0.1, 0.15) is 29.9 Å². The van der Waals surface area contributed by atoms with E-state index in [2.05, 4.69) is 20.0 Å². The molecule has 10 heteroatoms. The van der Waals surface area contributed by atoms with Crippen LogP contribution in [0.3, 0.4) is 0 Å². The number of anilines is 1. The fourth-order valence-electron chi connectivity index (χ4n) is 2.36. The van der Waals surface area contributed by atoms with Gasteiger partial charge in [0.25, 0.3) is 5.72 Å². The quantitative estimate of drug-likeness (QED) is 0.568. The third-order valence-corrected chi connectivity index (χ3v) is 4.48. The number of ether oxygens (including phenoxy) is 1. The van der Waals surface area contributed by atoms with Gasteiger partial charge < -0.3 is 15.6 Å². The SMILES string of the molecule is C[C@@]1(N=[N+]=N)O[C@@H](c2csc3c(N)ncnc23)[C@H](F)[C@@H]1O. The number of alkyl halides is 1. The minimum absolute atomic E-state index is 0.304. The van der Waals surface area contributed by atoms with E-state index >= 15 is 0 Å². The van der Waals surface area contributed by atoms with Crippen molar-refractivity contribution in [2.45, 2.75) is 31.0 Å². The number of hydrogen-bond donors (Lipinski definition) is 3. The highest BCUT2D eigenvalue weighted by Crippen LogP contribution is 2.45. The standard InChI is InChI=1S/C11H12FN6O2S/c1-11(17-18-14)9(19)5(12)7(20-11)4-2-21-8-6(4)15-3-16-10(8)13/h2-3,5,7,9,14,19H,1H3,(H2,13,15,16)/q+1/t5-,7-,9-,11+/m0/s1. The normalized spacial score (nSPS) is 32.2. The number of thiophene rings is 1. The maximum atomic E-state index is 14.4. The second kappa shape index (κ2) is 4.78. The van der Waals surface area contributed by atoms with Gasteiger partial charge in [-0.15, -0.1) is 11.3 Å². The molecule has 8 nitrogen and oxygen atoms in total. The highest BCUT2D eigenvalue weighted by molar-refractivity contribution is 7.17. The van der Waals surface area contributed by atoms with Crippen LogP contribution in [0.5, 0.6) is 0 Å². The second-order valence-electron chi connectivity index (χ2n) is 4.81. The summed E-state index contributed by atoms with van der Waals surface area (Å²) in [6.07, 6.45) is -3.01. The molecule has 21 heavy (non-hydrogen) atoms. The predicted molar refractivity (Wildman–Crippen MR) is 72.2 cm³/mol. The van der Waals surface area contributed by atoms with E-state index in [1.54, 1.807) is 5.38 Å². The number of aliphatic hydroxyl groups is 1. The first-order chi connectivity index (χ1) is 9.98. The highest BCUT2D eigenvalue weighted by Gasteiger charge is 2.57. The molecule has 4 N–H and O–H groups in total. The first-order valence-electron chi connectivity index (χ1n) is 6.04. The number of nitrogen functional groups attached to an aromatic ring is 1. The van der Waals surface area contributed by atoms with Gasteiger partial charge in [0.05, 0.1) is 10.2 Å². The summed E-state index contributed by atoms with van der Waals surface area (Å²) in [7, 11) is 0. The van der Waals surface area contributed by atoms with Gasteiger partial charge in [0.15, 0.2) is 11.3 Å². The van der Waals surface area contributed by atoms with E-state index in [1.807, 2.05) is 0 Å². The van der Waals surface area contributed by atoms with Crippen molar-refractivity contribution in [1.82, 2.24) is 14.9 Å². The Morgan fingerprint density at radius 2 is 2.38 bits per heavy atom. The number of aliphatic hydroxyl groups excluding tert-OH is 1. The van der Waals surface area contributed by atoms with Gasteiger partial charge in [0.2, 0.25) is 4.91 Å². The molecule has 0 radical (unpaired) electrons. The number of nitrogens with two attached hydrogens (primary N) is 1. The lowest BCUT2D eigenvalue weighted by Gasteiger charge is -2.14. The number of rotatable bonds is 2. The zero-order valence-electron chi connectivity index (χ0n) is 10.9. The van der Waals surface area contributed by atoms with E-state index in [-0.39, 0.29) is 0 Å². The van der Waals surface area contributed by atoms with Crippen molar-refractivity contribution >= 4 is 27.4 Å². The van der Waals surface area contributed by atoms with Crippen LogP contribution < -0.4 is 10.6 Å². The fourth-order valence-corrected chi connectivity index (χ4v) is 3.31. The first-order valence-corrected chi connectivity index (χ1v) is 6.92. The molecular formula is C11H12FN6O2S+. The van der Waals surface area contributed by atoms with Gasteiger partial charge in [-0.3, -0.25) is 0 Å². The number of fused-ring (bicyclic) bond motifs is 1. The largest absolute Gasteiger partial charge is 0.385 e. The zero-order valence-corrected chi connectivity index (χ0v) is 11.7. The number of hydrogen-bond acceptors (Lipinski definition) is 8. The predicted octanol–water partition coefficient (Wildman–Crippen LogP) is 1.31. The topological polar surface area (TPSA) is 132 Å². The molecule has 2 aromatic heterocycles. The van der Waals surface area contributed by atoms with Crippen LogP contribution in [0.4, 0.5) is 10.2 Å². The molecule has 0 unspecified atom stereocenters. The maximum absolute atomic E-state index is 14.4. The Bertz CT molecular complexity index is 747. The number of nitrogens with one attached hydrogen (secondary N) is 1. The molecule has 0 aliphatic carbocycles. The molecule has 1 fully saturated rings. The summed E-state index contributed by atoms with van der Waals surface area (Å²) in [6.45, 7) is 1.38. The molecule has 0 bridgehead atoms. The van der Waals surface area contributed by atoms with Crippen molar-refractivity contribution in [2.24, 2.45) is 5.11 Å². The molecule has 3 heterocycles. The van der Waals surface area contributed by atoms with Crippen molar-refractivity contribution < 1.29 is 14.2 Å². The number of aromatic nitrogens is 2. The average molecular weight is 311 g/mol. The smallest absolute Gasteiger partial charge is 0.269 e. The van der Waals surface area contributed by atoms with Crippen molar-refractivity contribution in [3.8, 4) is 0 Å². The molecule has 0 saturated carbocycles. The number of nitrogens with zero attached hydrogens (tertiary/aromatic N) is 4. The second-order valence-corrected chi connectivity index (χ2v) is 5.69. The molecule has 1 saturated heterocycles. The van der Waals surface area contributed by atoms with E-state index in [9.17, 15) is 9.50 Å². The molecule has 2 aromatic rings. The fraction of sp³-hybridized carbons (Fsp3) is 0.455. The van der Waals surface area contributed by atoms with E-state index in [1.165, 1.54) is 24.6 Å². The van der Waals surface area contributed by atoms with Crippen molar-refractivity contribution in [2.75, 3.05) is 5.73 Å². The lowest BCUT2D eigenvalue weighted by atomic mass is 10.0. The summed E-state index contributed by atoms with van der Waals surface area (Å²) in [6, 6.07) is 0. The lowest BCUT2D eigenvalue weighted by Crippen LogP contribution is -2.37. The van der Waals surface area contributed by atoms with E-state index in [0.29, 0.717) is 21.6 Å². The monoisotopic (exact) mass is 311 g/mol. The minimum Gasteiger partial charge on any atom is -0.385 e. The zero-order chi connectivity index (χ0) is 15.2. The Labute approximate surface area is 122 Å². The Hall–Kier alpha value is -2.00. The Morgan fingerprint density at radius 3 is 3.10 bits per heavy atom. The molecule has 3 rings (SSSR count). The average Bonchev–Trinajstić information content (AvgIpc) is 2.96. The summed E-state index contributed by atoms with van der Waals surface area (Å²) >= 11 is 1.27. The van der Waals surface area contributed by atoms with Gasteiger partial charge in [-0.2, -0.15) is 0 Å². The Morgan fingerprint density at radius 1 is 1.62 bits per heavy atom. The van der Waals surface area contributed by atoms with Gasteiger partial charge in [-0.1, -0.05) is 0 Å². The minimum atomic E-state index is -1.71. The maximum Gasteiger partial charge on any atom is 0.269 e. The van der Waals surface area contributed by atoms with E-state index < -0.39 is 24.1 Å². The highest BCUT2D eigenvalue weighted by atomic mass is 32.1. The molecule has 110 valence electrons. The van der Waals surface area contributed by atoms with Gasteiger partial charge in [-0.05, 0) is 12.3 Å². The summed E-state index contributed by atoms with van der Waals surface area (Å²) in [5, 5.41) is 15.1. The van der Waals surface area contributed by atoms with Crippen LogP contribution in [0.1, 0.15) is 18.6 Å². The van der Waals surface area contributed by atoms with Crippen molar-refractivity contribution in [3.05, 3.63) is 17.3 Å². The lowest BCUT2D eigenvalue weighted by molar-refractivity contribution is -0.0697. The summed E-state index contributed by atoms with van der Waals surface area (Å²) < 4.78 is 20.5. The first kappa shape index (κ1) is 14.0.